The highest BCUT2D eigenvalue weighted by molar-refractivity contribution is 7.10. The molecule has 0 N–H and O–H groups in total. The first-order valence-electron chi connectivity index (χ1n) is 3.56. The summed E-state index contributed by atoms with van der Waals surface area (Å²) in [6.45, 7) is 4.25. The van der Waals surface area contributed by atoms with Gasteiger partial charge in [0.1, 0.15) is 10.9 Å². The molecule has 3 heteroatoms. The third-order valence-corrected chi connectivity index (χ3v) is 2.12. The lowest BCUT2D eigenvalue weighted by Gasteiger charge is -1.99. The number of nitriles is 1. The second-order valence-corrected chi connectivity index (χ2v) is 3.69. The van der Waals surface area contributed by atoms with E-state index in [1.54, 1.807) is 5.51 Å². The molecule has 1 heterocycles. The molecule has 0 saturated heterocycles. The SMILES string of the molecule is CC(C)Cc1ncsc1C#N. The Labute approximate surface area is 70.5 Å². The van der Waals surface area contributed by atoms with Crippen LogP contribution in [0.1, 0.15) is 24.4 Å². The Balaban J connectivity index is 2.79. The van der Waals surface area contributed by atoms with E-state index in [0.717, 1.165) is 17.0 Å². The van der Waals surface area contributed by atoms with Gasteiger partial charge in [0, 0.05) is 0 Å². The molecule has 0 aliphatic carbocycles. The van der Waals surface area contributed by atoms with Gasteiger partial charge in [-0.15, -0.1) is 11.3 Å². The van der Waals surface area contributed by atoms with E-state index < -0.39 is 0 Å². The molecule has 0 spiro atoms. The third kappa shape index (κ3) is 2.02. The van der Waals surface area contributed by atoms with Gasteiger partial charge < -0.3 is 0 Å². The van der Waals surface area contributed by atoms with Crippen LogP contribution in [0.4, 0.5) is 0 Å². The zero-order valence-electron chi connectivity index (χ0n) is 6.66. The van der Waals surface area contributed by atoms with Crippen molar-refractivity contribution in [3.05, 3.63) is 16.1 Å². The van der Waals surface area contributed by atoms with Gasteiger partial charge in [0.15, 0.2) is 0 Å². The number of hydrogen-bond donors (Lipinski definition) is 0. The van der Waals surface area contributed by atoms with Crippen molar-refractivity contribution >= 4 is 11.3 Å². The van der Waals surface area contributed by atoms with Crippen LogP contribution in [0.25, 0.3) is 0 Å². The van der Waals surface area contributed by atoms with Gasteiger partial charge in [0.05, 0.1) is 11.2 Å². The van der Waals surface area contributed by atoms with Crippen LogP contribution in [0.15, 0.2) is 5.51 Å². The Morgan fingerprint density at radius 1 is 1.73 bits per heavy atom. The zero-order valence-corrected chi connectivity index (χ0v) is 7.48. The summed E-state index contributed by atoms with van der Waals surface area (Å²) in [6.07, 6.45) is 0.909. The van der Waals surface area contributed by atoms with Gasteiger partial charge in [0.25, 0.3) is 0 Å². The summed E-state index contributed by atoms with van der Waals surface area (Å²) in [5.41, 5.74) is 2.68. The van der Waals surface area contributed by atoms with Crippen molar-refractivity contribution in [1.29, 1.82) is 5.26 Å². The van der Waals surface area contributed by atoms with Crippen LogP contribution in [-0.4, -0.2) is 4.98 Å². The predicted molar refractivity (Wildman–Crippen MR) is 45.4 cm³/mol. The van der Waals surface area contributed by atoms with Gasteiger partial charge in [-0.3, -0.25) is 0 Å². The first-order valence-corrected chi connectivity index (χ1v) is 4.44. The van der Waals surface area contributed by atoms with Crippen molar-refractivity contribution in [3.8, 4) is 6.07 Å². The molecule has 58 valence electrons. The Hall–Kier alpha value is -0.880. The topological polar surface area (TPSA) is 36.7 Å². The van der Waals surface area contributed by atoms with E-state index in [9.17, 15) is 0 Å². The van der Waals surface area contributed by atoms with Crippen molar-refractivity contribution in [1.82, 2.24) is 4.98 Å². The number of aromatic nitrogens is 1. The fourth-order valence-electron chi connectivity index (χ4n) is 0.892. The molecule has 1 aromatic rings. The number of rotatable bonds is 2. The predicted octanol–water partition coefficient (Wildman–Crippen LogP) is 2.21. The van der Waals surface area contributed by atoms with E-state index in [1.165, 1.54) is 11.3 Å². The summed E-state index contributed by atoms with van der Waals surface area (Å²) in [5, 5.41) is 8.64. The fourth-order valence-corrected chi connectivity index (χ4v) is 1.50. The molecule has 0 bridgehead atoms. The minimum absolute atomic E-state index is 0.573. The first kappa shape index (κ1) is 8.22. The molecule has 0 saturated carbocycles. The maximum atomic E-state index is 8.64. The quantitative estimate of drug-likeness (QED) is 0.675. The largest absolute Gasteiger partial charge is 0.248 e. The molecular weight excluding hydrogens is 156 g/mol. The Bertz CT molecular complexity index is 270. The Kier molecular flexibility index (Phi) is 2.61. The van der Waals surface area contributed by atoms with E-state index in [2.05, 4.69) is 24.9 Å². The van der Waals surface area contributed by atoms with Crippen molar-refractivity contribution in [2.75, 3.05) is 0 Å². The maximum absolute atomic E-state index is 8.64. The molecule has 0 aliphatic heterocycles. The summed E-state index contributed by atoms with van der Waals surface area (Å²) < 4.78 is 0. The number of hydrogen-bond acceptors (Lipinski definition) is 3. The molecule has 0 amide bonds. The van der Waals surface area contributed by atoms with Crippen LogP contribution < -0.4 is 0 Å². The summed E-state index contributed by atoms with van der Waals surface area (Å²) in [6, 6.07) is 2.14. The second-order valence-electron chi connectivity index (χ2n) is 2.84. The average Bonchev–Trinajstić information content (AvgIpc) is 2.34. The van der Waals surface area contributed by atoms with Crippen LogP contribution in [-0.2, 0) is 6.42 Å². The highest BCUT2D eigenvalue weighted by Gasteiger charge is 2.06. The lowest BCUT2D eigenvalue weighted by atomic mass is 10.1. The molecule has 0 aromatic carbocycles. The normalized spacial score (nSPS) is 10.0. The van der Waals surface area contributed by atoms with Gasteiger partial charge in [-0.2, -0.15) is 5.26 Å². The second kappa shape index (κ2) is 3.49. The van der Waals surface area contributed by atoms with Gasteiger partial charge in [0.2, 0.25) is 0 Å². The number of nitrogens with zero attached hydrogens (tertiary/aromatic N) is 2. The highest BCUT2D eigenvalue weighted by Crippen LogP contribution is 2.15. The van der Waals surface area contributed by atoms with Crippen LogP contribution in [0, 0.1) is 17.2 Å². The van der Waals surface area contributed by atoms with Crippen molar-refractivity contribution in [2.24, 2.45) is 5.92 Å². The van der Waals surface area contributed by atoms with Gasteiger partial charge >= 0.3 is 0 Å². The summed E-state index contributed by atoms with van der Waals surface area (Å²) in [7, 11) is 0. The Morgan fingerprint density at radius 2 is 2.45 bits per heavy atom. The lowest BCUT2D eigenvalue weighted by molar-refractivity contribution is 0.637. The third-order valence-electron chi connectivity index (χ3n) is 1.34. The average molecular weight is 166 g/mol. The standard InChI is InChI=1S/C8H10N2S/c1-6(2)3-7-8(4-9)11-5-10-7/h5-6H,3H2,1-2H3. The van der Waals surface area contributed by atoms with Crippen LogP contribution in [0.3, 0.4) is 0 Å². The van der Waals surface area contributed by atoms with E-state index in [-0.39, 0.29) is 0 Å². The van der Waals surface area contributed by atoms with Crippen molar-refractivity contribution in [3.63, 3.8) is 0 Å². The van der Waals surface area contributed by atoms with E-state index in [4.69, 9.17) is 5.26 Å². The van der Waals surface area contributed by atoms with Gasteiger partial charge in [-0.25, -0.2) is 4.98 Å². The minimum atomic E-state index is 0.573. The summed E-state index contributed by atoms with van der Waals surface area (Å²) in [4.78, 5) is 4.89. The maximum Gasteiger partial charge on any atom is 0.127 e. The van der Waals surface area contributed by atoms with Gasteiger partial charge in [-0.1, -0.05) is 13.8 Å². The molecule has 0 fully saturated rings. The first-order chi connectivity index (χ1) is 5.24. The summed E-state index contributed by atoms with van der Waals surface area (Å²) >= 11 is 1.42. The van der Waals surface area contributed by atoms with Crippen LogP contribution >= 0.6 is 11.3 Å². The Morgan fingerprint density at radius 3 is 3.00 bits per heavy atom. The van der Waals surface area contributed by atoms with E-state index >= 15 is 0 Å². The molecular formula is C8H10N2S. The molecule has 2 nitrogen and oxygen atoms in total. The van der Waals surface area contributed by atoms with Gasteiger partial charge in [-0.05, 0) is 12.3 Å². The molecule has 0 radical (unpaired) electrons. The van der Waals surface area contributed by atoms with E-state index in [0.29, 0.717) is 5.92 Å². The molecule has 1 rings (SSSR count). The lowest BCUT2D eigenvalue weighted by Crippen LogP contribution is -1.95. The van der Waals surface area contributed by atoms with Crippen LogP contribution in [0.2, 0.25) is 0 Å². The van der Waals surface area contributed by atoms with Crippen molar-refractivity contribution < 1.29 is 0 Å². The molecule has 0 unspecified atom stereocenters. The molecule has 0 atom stereocenters. The highest BCUT2D eigenvalue weighted by atomic mass is 32.1. The molecule has 0 aliphatic rings. The summed E-state index contributed by atoms with van der Waals surface area (Å²) in [5.74, 6) is 0.573. The minimum Gasteiger partial charge on any atom is -0.248 e. The van der Waals surface area contributed by atoms with Crippen LogP contribution in [0.5, 0.6) is 0 Å². The van der Waals surface area contributed by atoms with E-state index in [1.807, 2.05) is 0 Å². The monoisotopic (exact) mass is 166 g/mol. The zero-order chi connectivity index (χ0) is 8.27. The smallest absolute Gasteiger partial charge is 0.127 e. The molecule has 1 aromatic heterocycles. The number of thiazole rings is 1. The molecule has 11 heavy (non-hydrogen) atoms. The van der Waals surface area contributed by atoms with Crippen molar-refractivity contribution in [2.45, 2.75) is 20.3 Å². The fraction of sp³-hybridized carbons (Fsp3) is 0.500.